The van der Waals surface area contributed by atoms with Crippen LogP contribution in [0.4, 0.5) is 5.69 Å². The van der Waals surface area contributed by atoms with Crippen LogP contribution < -0.4 is 9.88 Å². The summed E-state index contributed by atoms with van der Waals surface area (Å²) < 4.78 is 2.84. The van der Waals surface area contributed by atoms with Crippen molar-refractivity contribution in [3.63, 3.8) is 0 Å². The molecule has 5 heteroatoms. The molecule has 0 fully saturated rings. The minimum Gasteiger partial charge on any atom is -0.321 e. The van der Waals surface area contributed by atoms with E-state index < -0.39 is 0 Å². The molecular formula is C14H15BrClN2O+. The van der Waals surface area contributed by atoms with Gasteiger partial charge in [-0.05, 0) is 36.8 Å². The van der Waals surface area contributed by atoms with E-state index in [1.807, 2.05) is 60.3 Å². The molecule has 3 nitrogen and oxygen atoms in total. The number of aryl methyl sites for hydroxylation is 1. The van der Waals surface area contributed by atoms with Gasteiger partial charge in [0.1, 0.15) is 0 Å². The van der Waals surface area contributed by atoms with Crippen LogP contribution >= 0.6 is 28.3 Å². The van der Waals surface area contributed by atoms with Crippen molar-refractivity contribution < 1.29 is 9.36 Å². The molecule has 0 aliphatic carbocycles. The molecule has 0 saturated carbocycles. The minimum absolute atomic E-state index is 0. The molecule has 1 aromatic heterocycles. The molecule has 1 aromatic carbocycles. The van der Waals surface area contributed by atoms with Crippen molar-refractivity contribution in [2.75, 3.05) is 5.32 Å². The Morgan fingerprint density at radius 2 is 1.74 bits per heavy atom. The van der Waals surface area contributed by atoms with E-state index in [-0.39, 0.29) is 18.3 Å². The second kappa shape index (κ2) is 7.26. The van der Waals surface area contributed by atoms with Crippen molar-refractivity contribution in [3.8, 4) is 0 Å². The molecular weight excluding hydrogens is 328 g/mol. The molecule has 1 amide bonds. The van der Waals surface area contributed by atoms with Gasteiger partial charge in [0.15, 0.2) is 12.4 Å². The van der Waals surface area contributed by atoms with E-state index in [0.717, 1.165) is 10.2 Å². The first-order valence-electron chi connectivity index (χ1n) is 5.64. The normalized spacial score (nSPS) is 9.58. The average molecular weight is 343 g/mol. The predicted octanol–water partition coefficient (Wildman–Crippen LogP) is 3.11. The molecule has 0 aliphatic heterocycles. The van der Waals surface area contributed by atoms with Crippen LogP contribution in [0.3, 0.4) is 0 Å². The highest BCUT2D eigenvalue weighted by molar-refractivity contribution is 9.10. The number of benzene rings is 1. The maximum absolute atomic E-state index is 11.8. The Morgan fingerprint density at radius 3 is 2.32 bits per heavy atom. The van der Waals surface area contributed by atoms with E-state index >= 15 is 0 Å². The number of nitrogens with zero attached hydrogens (tertiary/aromatic N) is 1. The van der Waals surface area contributed by atoms with Crippen LogP contribution in [-0.2, 0) is 11.3 Å². The smallest absolute Gasteiger partial charge is 0.290 e. The lowest BCUT2D eigenvalue weighted by atomic mass is 10.3. The van der Waals surface area contributed by atoms with Gasteiger partial charge in [-0.2, -0.15) is 4.57 Å². The van der Waals surface area contributed by atoms with Gasteiger partial charge in [0, 0.05) is 22.3 Å². The fourth-order valence-electron chi connectivity index (χ4n) is 1.54. The van der Waals surface area contributed by atoms with Gasteiger partial charge < -0.3 is 5.32 Å². The summed E-state index contributed by atoms with van der Waals surface area (Å²) >= 11 is 3.36. The molecule has 1 N–H and O–H groups in total. The number of rotatable bonds is 3. The molecule has 1 heterocycles. The van der Waals surface area contributed by atoms with Gasteiger partial charge in [0.25, 0.3) is 5.91 Å². The topological polar surface area (TPSA) is 33.0 Å². The van der Waals surface area contributed by atoms with Crippen LogP contribution in [0.2, 0.25) is 0 Å². The summed E-state index contributed by atoms with van der Waals surface area (Å²) in [4.78, 5) is 11.8. The lowest BCUT2D eigenvalue weighted by Gasteiger charge is -2.03. The van der Waals surface area contributed by atoms with Crippen LogP contribution in [0.25, 0.3) is 0 Å². The number of carbonyl (C=O) groups is 1. The summed E-state index contributed by atoms with van der Waals surface area (Å²) in [6.45, 7) is 2.34. The molecule has 0 saturated heterocycles. The third-order valence-corrected chi connectivity index (χ3v) is 3.04. The molecule has 2 rings (SSSR count). The Hall–Kier alpha value is -1.39. The van der Waals surface area contributed by atoms with Gasteiger partial charge in [-0.15, -0.1) is 12.4 Å². The molecule has 0 aliphatic rings. The first-order chi connectivity index (χ1) is 8.63. The number of pyridine rings is 1. The summed E-state index contributed by atoms with van der Waals surface area (Å²) in [5, 5.41) is 2.85. The Bertz CT molecular complexity index is 491. The lowest BCUT2D eigenvalue weighted by Crippen LogP contribution is -2.39. The number of anilines is 1. The third kappa shape index (κ3) is 5.01. The number of carbonyl (C=O) groups excluding carboxylic acids is 1. The second-order valence-electron chi connectivity index (χ2n) is 4.10. The van der Waals surface area contributed by atoms with E-state index in [1.165, 1.54) is 5.56 Å². The largest absolute Gasteiger partial charge is 0.321 e. The SMILES string of the molecule is Cc1cc[n+](CC(=O)Nc2ccc(Br)cc2)cc1.Cl. The molecule has 2 aromatic rings. The van der Waals surface area contributed by atoms with Crippen LogP contribution in [0.5, 0.6) is 0 Å². The van der Waals surface area contributed by atoms with Crippen LogP contribution in [0.1, 0.15) is 5.56 Å². The van der Waals surface area contributed by atoms with Crippen molar-refractivity contribution in [1.82, 2.24) is 0 Å². The monoisotopic (exact) mass is 341 g/mol. The van der Waals surface area contributed by atoms with Crippen LogP contribution in [0, 0.1) is 6.92 Å². The number of nitrogens with one attached hydrogen (secondary N) is 1. The molecule has 0 spiro atoms. The van der Waals surface area contributed by atoms with Gasteiger partial charge in [-0.1, -0.05) is 15.9 Å². The third-order valence-electron chi connectivity index (χ3n) is 2.51. The van der Waals surface area contributed by atoms with Gasteiger partial charge in [-0.3, -0.25) is 4.79 Å². The Kier molecular flexibility index (Phi) is 5.99. The number of hydrogen-bond acceptors (Lipinski definition) is 1. The highest BCUT2D eigenvalue weighted by atomic mass is 79.9. The maximum Gasteiger partial charge on any atom is 0.290 e. The second-order valence-corrected chi connectivity index (χ2v) is 5.02. The average Bonchev–Trinajstić information content (AvgIpc) is 2.35. The standard InChI is InChI=1S/C14H13BrN2O.ClH/c1-11-6-8-17(9-7-11)10-14(18)16-13-4-2-12(15)3-5-13;/h2-9H,10H2,1H3;1H/p+1. The molecule has 0 atom stereocenters. The highest BCUT2D eigenvalue weighted by Gasteiger charge is 2.08. The van der Waals surface area contributed by atoms with E-state index in [2.05, 4.69) is 21.2 Å². The molecule has 0 bridgehead atoms. The maximum atomic E-state index is 11.8. The lowest BCUT2D eigenvalue weighted by molar-refractivity contribution is -0.684. The first kappa shape index (κ1) is 15.7. The molecule has 0 radical (unpaired) electrons. The summed E-state index contributed by atoms with van der Waals surface area (Å²) in [7, 11) is 0. The predicted molar refractivity (Wildman–Crippen MR) is 81.4 cm³/mol. The van der Waals surface area contributed by atoms with E-state index in [9.17, 15) is 4.79 Å². The summed E-state index contributed by atoms with van der Waals surface area (Å²) in [5.41, 5.74) is 1.98. The Morgan fingerprint density at radius 1 is 1.16 bits per heavy atom. The highest BCUT2D eigenvalue weighted by Crippen LogP contribution is 2.13. The van der Waals surface area contributed by atoms with E-state index in [1.54, 1.807) is 0 Å². The van der Waals surface area contributed by atoms with E-state index in [4.69, 9.17) is 0 Å². The van der Waals surface area contributed by atoms with Gasteiger partial charge >= 0.3 is 0 Å². The quantitative estimate of drug-likeness (QED) is 0.854. The minimum atomic E-state index is -0.0359. The van der Waals surface area contributed by atoms with Crippen molar-refractivity contribution in [3.05, 3.63) is 58.8 Å². The number of hydrogen-bond donors (Lipinski definition) is 1. The zero-order valence-electron chi connectivity index (χ0n) is 10.5. The summed E-state index contributed by atoms with van der Waals surface area (Å²) in [6, 6.07) is 11.5. The number of halogens is 2. The van der Waals surface area contributed by atoms with Crippen LogP contribution in [-0.4, -0.2) is 5.91 Å². The van der Waals surface area contributed by atoms with Crippen LogP contribution in [0.15, 0.2) is 53.3 Å². The van der Waals surface area contributed by atoms with Gasteiger partial charge in [0.05, 0.1) is 0 Å². The van der Waals surface area contributed by atoms with Gasteiger partial charge in [-0.25, -0.2) is 0 Å². The Labute approximate surface area is 127 Å². The molecule has 0 unspecified atom stereocenters. The fourth-order valence-corrected chi connectivity index (χ4v) is 1.80. The summed E-state index contributed by atoms with van der Waals surface area (Å²) in [6.07, 6.45) is 3.80. The molecule has 19 heavy (non-hydrogen) atoms. The summed E-state index contributed by atoms with van der Waals surface area (Å²) in [5.74, 6) is -0.0359. The number of amides is 1. The molecule has 100 valence electrons. The van der Waals surface area contributed by atoms with Crippen molar-refractivity contribution in [2.45, 2.75) is 13.5 Å². The first-order valence-corrected chi connectivity index (χ1v) is 6.44. The van der Waals surface area contributed by atoms with Gasteiger partial charge in [0.2, 0.25) is 6.54 Å². The van der Waals surface area contributed by atoms with Crippen molar-refractivity contribution >= 4 is 39.9 Å². The van der Waals surface area contributed by atoms with Crippen molar-refractivity contribution in [2.24, 2.45) is 0 Å². The van der Waals surface area contributed by atoms with Crippen molar-refractivity contribution in [1.29, 1.82) is 0 Å². The Balaban J connectivity index is 0.00000180. The zero-order valence-corrected chi connectivity index (χ0v) is 12.9. The number of aromatic nitrogens is 1. The van der Waals surface area contributed by atoms with E-state index in [0.29, 0.717) is 6.54 Å². The fraction of sp³-hybridized carbons (Fsp3) is 0.143. The zero-order chi connectivity index (χ0) is 13.0.